The SMILES string of the molecule is COc1nc(Cl)nc(-c2cccnc2)n1. The van der Waals surface area contributed by atoms with Crippen molar-refractivity contribution in [3.8, 4) is 17.4 Å². The quantitative estimate of drug-likeness (QED) is 0.772. The fraction of sp³-hybridized carbons (Fsp3) is 0.111. The number of rotatable bonds is 2. The van der Waals surface area contributed by atoms with E-state index in [2.05, 4.69) is 19.9 Å². The molecule has 0 aliphatic carbocycles. The second kappa shape index (κ2) is 4.18. The van der Waals surface area contributed by atoms with Crippen molar-refractivity contribution < 1.29 is 4.74 Å². The Morgan fingerprint density at radius 1 is 1.27 bits per heavy atom. The Labute approximate surface area is 91.1 Å². The average Bonchev–Trinajstić information content (AvgIpc) is 2.29. The Hall–Kier alpha value is -1.75. The third-order valence-electron chi connectivity index (χ3n) is 1.69. The molecule has 0 fully saturated rings. The second-order valence-electron chi connectivity index (χ2n) is 2.66. The van der Waals surface area contributed by atoms with Crippen LogP contribution in [0.5, 0.6) is 6.01 Å². The standard InChI is InChI=1S/C9H7ClN4O/c1-15-9-13-7(12-8(10)14-9)6-3-2-4-11-5-6/h2-5H,1H3. The molecule has 76 valence electrons. The lowest BCUT2D eigenvalue weighted by molar-refractivity contribution is 0.379. The fourth-order valence-corrected chi connectivity index (χ4v) is 1.20. The van der Waals surface area contributed by atoms with Crippen LogP contribution in [0, 0.1) is 0 Å². The summed E-state index contributed by atoms with van der Waals surface area (Å²) in [4.78, 5) is 15.8. The Morgan fingerprint density at radius 2 is 2.13 bits per heavy atom. The Balaban J connectivity index is 2.49. The van der Waals surface area contributed by atoms with Crippen LogP contribution in [0.3, 0.4) is 0 Å². The summed E-state index contributed by atoms with van der Waals surface area (Å²) in [5.74, 6) is 0.444. The normalized spacial score (nSPS) is 10.0. The lowest BCUT2D eigenvalue weighted by Gasteiger charge is -2.01. The molecule has 0 amide bonds. The molecule has 0 N–H and O–H groups in total. The molecule has 0 bridgehead atoms. The van der Waals surface area contributed by atoms with Crippen molar-refractivity contribution >= 4 is 11.6 Å². The van der Waals surface area contributed by atoms with Crippen LogP contribution in [-0.2, 0) is 0 Å². The Kier molecular flexibility index (Phi) is 2.73. The third kappa shape index (κ3) is 2.19. The summed E-state index contributed by atoms with van der Waals surface area (Å²) >= 11 is 5.72. The zero-order chi connectivity index (χ0) is 10.7. The summed E-state index contributed by atoms with van der Waals surface area (Å²) in [6, 6.07) is 3.81. The van der Waals surface area contributed by atoms with Crippen molar-refractivity contribution in [1.29, 1.82) is 0 Å². The number of methoxy groups -OCH3 is 1. The van der Waals surface area contributed by atoms with Gasteiger partial charge in [-0.3, -0.25) is 4.98 Å². The van der Waals surface area contributed by atoms with Crippen molar-refractivity contribution in [3.63, 3.8) is 0 Å². The molecule has 2 aromatic heterocycles. The van der Waals surface area contributed by atoms with Crippen molar-refractivity contribution in [1.82, 2.24) is 19.9 Å². The van der Waals surface area contributed by atoms with Gasteiger partial charge in [0.1, 0.15) is 0 Å². The van der Waals surface area contributed by atoms with Gasteiger partial charge in [0, 0.05) is 18.0 Å². The van der Waals surface area contributed by atoms with Gasteiger partial charge >= 0.3 is 6.01 Å². The van der Waals surface area contributed by atoms with E-state index in [0.717, 1.165) is 5.56 Å². The molecule has 6 heteroatoms. The van der Waals surface area contributed by atoms with Gasteiger partial charge in [0.25, 0.3) is 0 Å². The minimum Gasteiger partial charge on any atom is -0.467 e. The van der Waals surface area contributed by atoms with E-state index in [1.165, 1.54) is 7.11 Å². The summed E-state index contributed by atoms with van der Waals surface area (Å²) in [7, 11) is 1.47. The van der Waals surface area contributed by atoms with E-state index in [9.17, 15) is 0 Å². The molecule has 15 heavy (non-hydrogen) atoms. The molecule has 2 heterocycles. The molecule has 0 aromatic carbocycles. The predicted molar refractivity (Wildman–Crippen MR) is 54.6 cm³/mol. The smallest absolute Gasteiger partial charge is 0.321 e. The molecule has 0 saturated carbocycles. The summed E-state index contributed by atoms with van der Waals surface area (Å²) in [5, 5.41) is 0.0979. The molecule has 0 unspecified atom stereocenters. The van der Waals surface area contributed by atoms with Crippen LogP contribution in [0.15, 0.2) is 24.5 Å². The first-order valence-corrected chi connectivity index (χ1v) is 4.53. The van der Waals surface area contributed by atoms with Crippen LogP contribution in [0.2, 0.25) is 5.28 Å². The van der Waals surface area contributed by atoms with Gasteiger partial charge in [-0.25, -0.2) is 0 Å². The van der Waals surface area contributed by atoms with Crippen LogP contribution in [0.4, 0.5) is 0 Å². The van der Waals surface area contributed by atoms with Gasteiger partial charge in [0.05, 0.1) is 7.11 Å². The maximum atomic E-state index is 5.72. The number of nitrogens with zero attached hydrogens (tertiary/aromatic N) is 4. The molecule has 0 radical (unpaired) electrons. The number of halogens is 1. The van der Waals surface area contributed by atoms with Gasteiger partial charge in [-0.15, -0.1) is 0 Å². The van der Waals surface area contributed by atoms with Crippen molar-refractivity contribution in [2.75, 3.05) is 7.11 Å². The zero-order valence-corrected chi connectivity index (χ0v) is 8.64. The second-order valence-corrected chi connectivity index (χ2v) is 2.99. The minimum absolute atomic E-state index is 0.0979. The summed E-state index contributed by atoms with van der Waals surface area (Å²) in [6.45, 7) is 0. The topological polar surface area (TPSA) is 60.8 Å². The van der Waals surface area contributed by atoms with Crippen molar-refractivity contribution in [3.05, 3.63) is 29.8 Å². The van der Waals surface area contributed by atoms with E-state index in [0.29, 0.717) is 5.82 Å². The van der Waals surface area contributed by atoms with Crippen LogP contribution in [-0.4, -0.2) is 27.0 Å². The molecule has 0 spiro atoms. The highest BCUT2D eigenvalue weighted by Crippen LogP contribution is 2.17. The van der Waals surface area contributed by atoms with E-state index < -0.39 is 0 Å². The Bertz CT molecular complexity index is 463. The highest BCUT2D eigenvalue weighted by molar-refractivity contribution is 6.28. The molecule has 0 aliphatic rings. The number of ether oxygens (including phenoxy) is 1. The number of aromatic nitrogens is 4. The average molecular weight is 223 g/mol. The summed E-state index contributed by atoms with van der Waals surface area (Å²) in [5.41, 5.74) is 0.764. The van der Waals surface area contributed by atoms with Gasteiger partial charge in [0.15, 0.2) is 5.82 Å². The third-order valence-corrected chi connectivity index (χ3v) is 1.86. The van der Waals surface area contributed by atoms with Gasteiger partial charge in [-0.1, -0.05) is 0 Å². The van der Waals surface area contributed by atoms with Gasteiger partial charge in [0.2, 0.25) is 5.28 Å². The maximum absolute atomic E-state index is 5.72. The summed E-state index contributed by atoms with van der Waals surface area (Å²) in [6.07, 6.45) is 3.31. The highest BCUT2D eigenvalue weighted by atomic mass is 35.5. The fourth-order valence-electron chi connectivity index (χ4n) is 1.05. The van der Waals surface area contributed by atoms with Crippen molar-refractivity contribution in [2.45, 2.75) is 0 Å². The highest BCUT2D eigenvalue weighted by Gasteiger charge is 2.06. The first kappa shape index (κ1) is 9.79. The van der Waals surface area contributed by atoms with Crippen molar-refractivity contribution in [2.24, 2.45) is 0 Å². The molecule has 0 saturated heterocycles. The van der Waals surface area contributed by atoms with Crippen LogP contribution in [0.25, 0.3) is 11.4 Å². The monoisotopic (exact) mass is 222 g/mol. The molecular formula is C9H7ClN4O. The van der Waals surface area contributed by atoms with E-state index in [4.69, 9.17) is 16.3 Å². The van der Waals surface area contributed by atoms with E-state index in [-0.39, 0.29) is 11.3 Å². The first-order chi connectivity index (χ1) is 7.29. The van der Waals surface area contributed by atoms with Crippen LogP contribution < -0.4 is 4.74 Å². The number of hydrogen-bond acceptors (Lipinski definition) is 5. The lowest BCUT2D eigenvalue weighted by atomic mass is 10.3. The van der Waals surface area contributed by atoms with Gasteiger partial charge in [-0.2, -0.15) is 15.0 Å². The van der Waals surface area contributed by atoms with E-state index in [1.54, 1.807) is 18.5 Å². The number of pyridine rings is 1. The maximum Gasteiger partial charge on any atom is 0.321 e. The van der Waals surface area contributed by atoms with Crippen LogP contribution >= 0.6 is 11.6 Å². The minimum atomic E-state index is 0.0979. The van der Waals surface area contributed by atoms with Crippen LogP contribution in [0.1, 0.15) is 0 Å². The summed E-state index contributed by atoms with van der Waals surface area (Å²) < 4.78 is 4.89. The van der Waals surface area contributed by atoms with E-state index >= 15 is 0 Å². The zero-order valence-electron chi connectivity index (χ0n) is 7.88. The molecular weight excluding hydrogens is 216 g/mol. The first-order valence-electron chi connectivity index (χ1n) is 4.15. The molecule has 5 nitrogen and oxygen atoms in total. The lowest BCUT2D eigenvalue weighted by Crippen LogP contribution is -1.97. The number of hydrogen-bond donors (Lipinski definition) is 0. The molecule has 2 aromatic rings. The molecule has 2 rings (SSSR count). The van der Waals surface area contributed by atoms with Gasteiger partial charge in [-0.05, 0) is 23.7 Å². The van der Waals surface area contributed by atoms with Gasteiger partial charge < -0.3 is 4.74 Å². The Morgan fingerprint density at radius 3 is 2.80 bits per heavy atom. The molecule has 0 atom stereocenters. The predicted octanol–water partition coefficient (Wildman–Crippen LogP) is 1.60. The molecule has 0 aliphatic heterocycles. The van der Waals surface area contributed by atoms with E-state index in [1.807, 2.05) is 6.07 Å². The largest absolute Gasteiger partial charge is 0.467 e.